The summed E-state index contributed by atoms with van der Waals surface area (Å²) in [5.74, 6) is -2.53. The summed E-state index contributed by atoms with van der Waals surface area (Å²) in [5.41, 5.74) is -0.373. The number of hydrogen-bond donors (Lipinski definition) is 2. The average Bonchev–Trinajstić information content (AvgIpc) is 2.26. The summed E-state index contributed by atoms with van der Waals surface area (Å²) in [7, 11) is 0. The van der Waals surface area contributed by atoms with Crippen LogP contribution in [0.3, 0.4) is 0 Å². The summed E-state index contributed by atoms with van der Waals surface area (Å²) in [6.07, 6.45) is -0.191. The highest BCUT2D eigenvalue weighted by Gasteiger charge is 2.38. The molecule has 1 atom stereocenters. The molecule has 0 aromatic heterocycles. The standard InChI is InChI=1S/C13H16O4.H2O/c1-13(2,12(16)17)10(8-11(14)15)9-6-4-3-5-7-9;/h3-7,10H,8H2,1-2H3,(H,14,15)(H,16,17);1H2. The van der Waals surface area contributed by atoms with Crippen molar-refractivity contribution in [3.05, 3.63) is 35.9 Å². The second kappa shape index (κ2) is 6.16. The van der Waals surface area contributed by atoms with Crippen molar-refractivity contribution >= 4 is 11.9 Å². The topological polar surface area (TPSA) is 106 Å². The second-order valence-electron chi connectivity index (χ2n) is 4.59. The molecule has 18 heavy (non-hydrogen) atoms. The van der Waals surface area contributed by atoms with Crippen LogP contribution in [-0.2, 0) is 9.59 Å². The zero-order valence-electron chi connectivity index (χ0n) is 10.4. The van der Waals surface area contributed by atoms with Crippen molar-refractivity contribution < 1.29 is 25.3 Å². The highest BCUT2D eigenvalue weighted by molar-refractivity contribution is 5.77. The van der Waals surface area contributed by atoms with E-state index in [9.17, 15) is 14.7 Å². The Morgan fingerprint density at radius 1 is 1.17 bits per heavy atom. The third kappa shape index (κ3) is 3.56. The van der Waals surface area contributed by atoms with Gasteiger partial charge in [-0.3, -0.25) is 9.59 Å². The zero-order chi connectivity index (χ0) is 13.1. The van der Waals surface area contributed by atoms with E-state index in [0.29, 0.717) is 0 Å². The van der Waals surface area contributed by atoms with E-state index in [1.54, 1.807) is 38.1 Å². The first kappa shape index (κ1) is 16.1. The number of hydrogen-bond acceptors (Lipinski definition) is 2. The summed E-state index contributed by atoms with van der Waals surface area (Å²) < 4.78 is 0. The van der Waals surface area contributed by atoms with Gasteiger partial charge in [0.2, 0.25) is 0 Å². The van der Waals surface area contributed by atoms with E-state index in [-0.39, 0.29) is 11.9 Å². The molecule has 4 N–H and O–H groups in total. The number of aliphatic carboxylic acids is 2. The minimum Gasteiger partial charge on any atom is -0.481 e. The van der Waals surface area contributed by atoms with E-state index in [0.717, 1.165) is 5.56 Å². The molecule has 0 bridgehead atoms. The fourth-order valence-electron chi connectivity index (χ4n) is 1.80. The molecule has 1 aromatic rings. The van der Waals surface area contributed by atoms with Gasteiger partial charge in [-0.2, -0.15) is 0 Å². The predicted molar refractivity (Wildman–Crippen MR) is 66.5 cm³/mol. The van der Waals surface area contributed by atoms with Crippen LogP contribution in [-0.4, -0.2) is 27.6 Å². The Bertz CT molecular complexity index is 411. The van der Waals surface area contributed by atoms with Crippen LogP contribution >= 0.6 is 0 Å². The van der Waals surface area contributed by atoms with Crippen LogP contribution in [0.4, 0.5) is 0 Å². The molecule has 0 radical (unpaired) electrons. The van der Waals surface area contributed by atoms with Crippen LogP contribution in [0.1, 0.15) is 31.7 Å². The van der Waals surface area contributed by atoms with Gasteiger partial charge in [0.15, 0.2) is 0 Å². The van der Waals surface area contributed by atoms with Crippen LogP contribution in [0.15, 0.2) is 30.3 Å². The van der Waals surface area contributed by atoms with Gasteiger partial charge < -0.3 is 15.7 Å². The lowest BCUT2D eigenvalue weighted by molar-refractivity contribution is -0.149. The predicted octanol–water partition coefficient (Wildman–Crippen LogP) is 1.53. The van der Waals surface area contributed by atoms with E-state index in [2.05, 4.69) is 0 Å². The van der Waals surface area contributed by atoms with E-state index in [1.807, 2.05) is 6.07 Å². The molecule has 0 saturated carbocycles. The highest BCUT2D eigenvalue weighted by Crippen LogP contribution is 2.38. The lowest BCUT2D eigenvalue weighted by Crippen LogP contribution is -2.32. The zero-order valence-corrected chi connectivity index (χ0v) is 10.4. The van der Waals surface area contributed by atoms with Crippen LogP contribution in [0, 0.1) is 5.41 Å². The van der Waals surface area contributed by atoms with Gasteiger partial charge in [0.25, 0.3) is 0 Å². The molecular formula is C13H18O5. The number of benzene rings is 1. The van der Waals surface area contributed by atoms with Gasteiger partial charge in [-0.1, -0.05) is 30.3 Å². The molecule has 0 amide bonds. The third-order valence-corrected chi connectivity index (χ3v) is 3.00. The molecule has 5 heteroatoms. The summed E-state index contributed by atoms with van der Waals surface area (Å²) >= 11 is 0. The Morgan fingerprint density at radius 2 is 1.67 bits per heavy atom. The maximum atomic E-state index is 11.2. The first-order chi connectivity index (χ1) is 7.85. The number of rotatable bonds is 5. The summed E-state index contributed by atoms with van der Waals surface area (Å²) in [4.78, 5) is 22.1. The van der Waals surface area contributed by atoms with Crippen molar-refractivity contribution in [3.8, 4) is 0 Å². The quantitative estimate of drug-likeness (QED) is 0.830. The Kier molecular flexibility index (Phi) is 5.52. The molecule has 0 saturated heterocycles. The minimum atomic E-state index is -1.11. The second-order valence-corrected chi connectivity index (χ2v) is 4.59. The monoisotopic (exact) mass is 254 g/mol. The number of carboxylic acid groups (broad SMARTS) is 2. The van der Waals surface area contributed by atoms with Crippen LogP contribution in [0.2, 0.25) is 0 Å². The number of carboxylic acids is 2. The van der Waals surface area contributed by atoms with Crippen molar-refractivity contribution in [1.29, 1.82) is 0 Å². The van der Waals surface area contributed by atoms with E-state index in [4.69, 9.17) is 5.11 Å². The van der Waals surface area contributed by atoms with Crippen LogP contribution in [0.5, 0.6) is 0 Å². The SMILES string of the molecule is CC(C)(C(=O)O)C(CC(=O)O)c1ccccc1.O. The van der Waals surface area contributed by atoms with Gasteiger partial charge >= 0.3 is 11.9 Å². The maximum absolute atomic E-state index is 11.2. The van der Waals surface area contributed by atoms with E-state index >= 15 is 0 Å². The normalized spacial score (nSPS) is 12.3. The molecule has 1 unspecified atom stereocenters. The molecule has 0 aliphatic rings. The fraction of sp³-hybridized carbons (Fsp3) is 0.385. The highest BCUT2D eigenvalue weighted by atomic mass is 16.4. The molecule has 0 heterocycles. The Labute approximate surface area is 105 Å². The molecule has 5 nitrogen and oxygen atoms in total. The van der Waals surface area contributed by atoms with Gasteiger partial charge in [0.05, 0.1) is 11.8 Å². The Hall–Kier alpha value is -1.88. The third-order valence-electron chi connectivity index (χ3n) is 3.00. The van der Waals surface area contributed by atoms with Gasteiger partial charge in [-0.15, -0.1) is 0 Å². The van der Waals surface area contributed by atoms with Crippen LogP contribution in [0.25, 0.3) is 0 Å². The molecule has 1 rings (SSSR count). The lowest BCUT2D eigenvalue weighted by Gasteiger charge is -2.29. The summed E-state index contributed by atoms with van der Waals surface area (Å²) in [6.45, 7) is 3.10. The summed E-state index contributed by atoms with van der Waals surface area (Å²) in [5, 5.41) is 18.1. The molecule has 0 aliphatic heterocycles. The Morgan fingerprint density at radius 3 is 2.06 bits per heavy atom. The van der Waals surface area contributed by atoms with Gasteiger partial charge in [-0.05, 0) is 19.4 Å². The molecule has 1 aromatic carbocycles. The van der Waals surface area contributed by atoms with Crippen molar-refractivity contribution in [3.63, 3.8) is 0 Å². The van der Waals surface area contributed by atoms with Gasteiger partial charge in [0, 0.05) is 5.92 Å². The molecule has 100 valence electrons. The fourth-order valence-corrected chi connectivity index (χ4v) is 1.80. The smallest absolute Gasteiger partial charge is 0.309 e. The van der Waals surface area contributed by atoms with Crippen molar-refractivity contribution in [1.82, 2.24) is 0 Å². The maximum Gasteiger partial charge on any atom is 0.309 e. The minimum absolute atomic E-state index is 0. The Balaban J connectivity index is 0.00000289. The average molecular weight is 254 g/mol. The first-order valence-corrected chi connectivity index (χ1v) is 5.36. The van der Waals surface area contributed by atoms with E-state index in [1.165, 1.54) is 0 Å². The molecular weight excluding hydrogens is 236 g/mol. The van der Waals surface area contributed by atoms with Gasteiger partial charge in [-0.25, -0.2) is 0 Å². The largest absolute Gasteiger partial charge is 0.481 e. The lowest BCUT2D eigenvalue weighted by atomic mass is 9.73. The van der Waals surface area contributed by atoms with E-state index < -0.39 is 23.3 Å². The van der Waals surface area contributed by atoms with Crippen LogP contribution < -0.4 is 0 Å². The first-order valence-electron chi connectivity index (χ1n) is 5.36. The van der Waals surface area contributed by atoms with Crippen molar-refractivity contribution in [2.45, 2.75) is 26.2 Å². The molecule has 0 aliphatic carbocycles. The molecule has 0 spiro atoms. The van der Waals surface area contributed by atoms with Crippen molar-refractivity contribution in [2.75, 3.05) is 0 Å². The van der Waals surface area contributed by atoms with Crippen molar-refractivity contribution in [2.24, 2.45) is 5.41 Å². The number of carbonyl (C=O) groups is 2. The molecule has 0 fully saturated rings. The van der Waals surface area contributed by atoms with Gasteiger partial charge in [0.1, 0.15) is 0 Å². The summed E-state index contributed by atoms with van der Waals surface area (Å²) in [6, 6.07) is 8.90.